The number of hydrogen-bond donors (Lipinski definition) is 2. The van der Waals surface area contributed by atoms with E-state index < -0.39 is 11.4 Å². The fraction of sp³-hybridized carbons (Fsp3) is 0.708. The van der Waals surface area contributed by atoms with Crippen LogP contribution in [0.2, 0.25) is 5.02 Å². The highest BCUT2D eigenvalue weighted by molar-refractivity contribution is 6.30. The van der Waals surface area contributed by atoms with Gasteiger partial charge in [-0.05, 0) is 74.7 Å². The Kier molecular flexibility index (Phi) is 8.17. The molecule has 2 rings (SSSR count). The lowest BCUT2D eigenvalue weighted by molar-refractivity contribution is -0.147. The molecule has 1 fully saturated rings. The Hall–Kier alpha value is -1.10. The molecule has 1 unspecified atom stereocenters. The van der Waals surface area contributed by atoms with Gasteiger partial charge in [0, 0.05) is 24.2 Å². The molecule has 0 amide bonds. The lowest BCUT2D eigenvalue weighted by Gasteiger charge is -2.46. The Morgan fingerprint density at radius 2 is 1.93 bits per heavy atom. The summed E-state index contributed by atoms with van der Waals surface area (Å²) in [5.41, 5.74) is 0.889. The van der Waals surface area contributed by atoms with Gasteiger partial charge in [-0.2, -0.15) is 0 Å². The van der Waals surface area contributed by atoms with Crippen LogP contribution in [0.5, 0.6) is 0 Å². The van der Waals surface area contributed by atoms with Gasteiger partial charge >= 0.3 is 5.97 Å². The van der Waals surface area contributed by atoms with E-state index in [2.05, 4.69) is 50.0 Å². The van der Waals surface area contributed by atoms with Gasteiger partial charge in [-0.3, -0.25) is 4.79 Å². The van der Waals surface area contributed by atoms with Crippen LogP contribution in [-0.4, -0.2) is 48.2 Å². The lowest BCUT2D eigenvalue weighted by atomic mass is 9.70. The van der Waals surface area contributed by atoms with E-state index in [1.54, 1.807) is 13.8 Å². The maximum absolute atomic E-state index is 11.3. The van der Waals surface area contributed by atoms with Crippen LogP contribution in [0.4, 0.5) is 0 Å². The largest absolute Gasteiger partial charge is 0.481 e. The van der Waals surface area contributed by atoms with Crippen molar-refractivity contribution in [3.05, 3.63) is 34.9 Å². The van der Waals surface area contributed by atoms with Gasteiger partial charge in [0.1, 0.15) is 0 Å². The molecule has 164 valence electrons. The Bertz CT molecular complexity index is 670. The molecule has 0 saturated carbocycles. The van der Waals surface area contributed by atoms with Crippen LogP contribution in [0.3, 0.4) is 0 Å². The van der Waals surface area contributed by atoms with Crippen LogP contribution in [0.25, 0.3) is 0 Å². The number of piperidine rings is 1. The zero-order valence-electron chi connectivity index (χ0n) is 19.0. The molecule has 4 nitrogen and oxygen atoms in total. The average Bonchev–Trinajstić information content (AvgIpc) is 2.61. The summed E-state index contributed by atoms with van der Waals surface area (Å²) in [5, 5.41) is 13.8. The van der Waals surface area contributed by atoms with Gasteiger partial charge in [0.15, 0.2) is 0 Å². The summed E-state index contributed by atoms with van der Waals surface area (Å²) in [7, 11) is 0. The van der Waals surface area contributed by atoms with Gasteiger partial charge in [-0.15, -0.1) is 0 Å². The van der Waals surface area contributed by atoms with E-state index in [4.69, 9.17) is 11.6 Å². The summed E-state index contributed by atoms with van der Waals surface area (Å²) in [6, 6.07) is 8.70. The number of nitrogens with one attached hydrogen (secondary N) is 1. The van der Waals surface area contributed by atoms with E-state index in [1.165, 1.54) is 5.56 Å². The molecule has 0 spiro atoms. The minimum Gasteiger partial charge on any atom is -0.481 e. The van der Waals surface area contributed by atoms with Crippen LogP contribution in [0.1, 0.15) is 65.9 Å². The predicted octanol–water partition coefficient (Wildman–Crippen LogP) is 5.27. The van der Waals surface area contributed by atoms with Gasteiger partial charge in [0.2, 0.25) is 0 Å². The van der Waals surface area contributed by atoms with Crippen molar-refractivity contribution in [2.24, 2.45) is 16.7 Å². The number of carbonyl (C=O) groups is 1. The number of carboxylic acid groups (broad SMARTS) is 1. The first-order chi connectivity index (χ1) is 13.4. The zero-order valence-corrected chi connectivity index (χ0v) is 19.7. The highest BCUT2D eigenvalue weighted by Crippen LogP contribution is 2.42. The molecule has 1 aliphatic rings. The van der Waals surface area contributed by atoms with E-state index in [0.717, 1.165) is 37.6 Å². The molecule has 1 aliphatic heterocycles. The van der Waals surface area contributed by atoms with Crippen LogP contribution in [-0.2, 0) is 4.79 Å². The first-order valence-electron chi connectivity index (χ1n) is 10.9. The molecule has 0 bridgehead atoms. The maximum Gasteiger partial charge on any atom is 0.309 e. The first-order valence-corrected chi connectivity index (χ1v) is 11.2. The summed E-state index contributed by atoms with van der Waals surface area (Å²) in [6.45, 7) is 16.7. The van der Waals surface area contributed by atoms with Crippen molar-refractivity contribution >= 4 is 17.6 Å². The van der Waals surface area contributed by atoms with Crippen molar-refractivity contribution in [2.75, 3.05) is 26.2 Å². The van der Waals surface area contributed by atoms with Gasteiger partial charge in [0.25, 0.3) is 0 Å². The third kappa shape index (κ3) is 6.70. The Morgan fingerprint density at radius 3 is 2.45 bits per heavy atom. The fourth-order valence-electron chi connectivity index (χ4n) is 4.40. The SMILES string of the molecule is CC(C)[C@H](CN1CCC(c2ccc(Cl)cc2)C(C)(C)C1)NCCC(C)(C)C(=O)O. The summed E-state index contributed by atoms with van der Waals surface area (Å²) >= 11 is 6.07. The molecule has 2 atom stereocenters. The molecule has 0 aromatic heterocycles. The van der Waals surface area contributed by atoms with Gasteiger partial charge in [-0.25, -0.2) is 0 Å². The number of rotatable bonds is 9. The minimum absolute atomic E-state index is 0.193. The van der Waals surface area contributed by atoms with E-state index in [-0.39, 0.29) is 5.41 Å². The van der Waals surface area contributed by atoms with Crippen LogP contribution < -0.4 is 5.32 Å². The normalized spacial score (nSPS) is 21.3. The lowest BCUT2D eigenvalue weighted by Crippen LogP contribution is -2.51. The van der Waals surface area contributed by atoms with Crippen molar-refractivity contribution < 1.29 is 9.90 Å². The van der Waals surface area contributed by atoms with Crippen molar-refractivity contribution in [3.63, 3.8) is 0 Å². The van der Waals surface area contributed by atoms with Crippen molar-refractivity contribution in [2.45, 2.75) is 66.3 Å². The maximum atomic E-state index is 11.3. The number of likely N-dealkylation sites (tertiary alicyclic amines) is 1. The highest BCUT2D eigenvalue weighted by atomic mass is 35.5. The highest BCUT2D eigenvalue weighted by Gasteiger charge is 2.37. The second-order valence-electron chi connectivity index (χ2n) is 10.4. The standard InChI is InChI=1S/C24H39ClN2O2/c1-17(2)21(26-13-12-23(3,4)22(28)29)15-27-14-11-20(24(5,6)16-27)18-7-9-19(25)10-8-18/h7-10,17,20-21,26H,11-16H2,1-6H3,(H,28,29)/t20?,21-/m0/s1. The third-order valence-corrected chi connectivity index (χ3v) is 6.83. The molecule has 1 heterocycles. The van der Waals surface area contributed by atoms with E-state index in [1.807, 2.05) is 12.1 Å². The minimum atomic E-state index is -0.730. The topological polar surface area (TPSA) is 52.6 Å². The summed E-state index contributed by atoms with van der Waals surface area (Å²) in [4.78, 5) is 13.9. The van der Waals surface area contributed by atoms with Gasteiger partial charge in [0.05, 0.1) is 5.41 Å². The molecule has 1 aromatic carbocycles. The van der Waals surface area contributed by atoms with Gasteiger partial charge < -0.3 is 15.3 Å². The molecule has 2 N–H and O–H groups in total. The number of benzene rings is 1. The van der Waals surface area contributed by atoms with E-state index in [0.29, 0.717) is 24.3 Å². The zero-order chi connectivity index (χ0) is 21.8. The smallest absolute Gasteiger partial charge is 0.309 e. The third-order valence-electron chi connectivity index (χ3n) is 6.58. The summed E-state index contributed by atoms with van der Waals surface area (Å²) in [5.74, 6) is 0.310. The number of aliphatic carboxylic acids is 1. The van der Waals surface area contributed by atoms with E-state index in [9.17, 15) is 9.90 Å². The predicted molar refractivity (Wildman–Crippen MR) is 122 cm³/mol. The molecule has 29 heavy (non-hydrogen) atoms. The Labute approximate surface area is 182 Å². The Balaban J connectivity index is 1.94. The van der Waals surface area contributed by atoms with Gasteiger partial charge in [-0.1, -0.05) is 51.4 Å². The Morgan fingerprint density at radius 1 is 1.31 bits per heavy atom. The van der Waals surface area contributed by atoms with E-state index >= 15 is 0 Å². The number of hydrogen-bond acceptors (Lipinski definition) is 3. The molecule has 0 aliphatic carbocycles. The number of halogens is 1. The van der Waals surface area contributed by atoms with Crippen molar-refractivity contribution in [1.29, 1.82) is 0 Å². The number of nitrogens with zero attached hydrogens (tertiary/aromatic N) is 1. The second-order valence-corrected chi connectivity index (χ2v) is 10.8. The van der Waals surface area contributed by atoms with Crippen molar-refractivity contribution in [3.8, 4) is 0 Å². The molecule has 5 heteroatoms. The van der Waals surface area contributed by atoms with Crippen LogP contribution in [0, 0.1) is 16.7 Å². The van der Waals surface area contributed by atoms with Crippen LogP contribution in [0.15, 0.2) is 24.3 Å². The molecule has 1 saturated heterocycles. The summed E-state index contributed by atoms with van der Waals surface area (Å²) in [6.07, 6.45) is 1.78. The molecular formula is C24H39ClN2O2. The number of carboxylic acids is 1. The molecule has 0 radical (unpaired) electrons. The average molecular weight is 423 g/mol. The monoisotopic (exact) mass is 422 g/mol. The fourth-order valence-corrected chi connectivity index (χ4v) is 4.53. The summed E-state index contributed by atoms with van der Waals surface area (Å²) < 4.78 is 0. The second kappa shape index (κ2) is 9.80. The molecule has 1 aromatic rings. The quantitative estimate of drug-likeness (QED) is 0.569. The van der Waals surface area contributed by atoms with Crippen molar-refractivity contribution in [1.82, 2.24) is 10.2 Å². The van der Waals surface area contributed by atoms with Crippen LogP contribution >= 0.6 is 11.6 Å². The molecular weight excluding hydrogens is 384 g/mol. The first kappa shape index (κ1) is 24.2.